The van der Waals surface area contributed by atoms with E-state index in [2.05, 4.69) is 14.9 Å². The third-order valence-electron chi connectivity index (χ3n) is 2.39. The third kappa shape index (κ3) is 4.25. The van der Waals surface area contributed by atoms with Crippen molar-refractivity contribution in [2.75, 3.05) is 6.54 Å². The Hall–Kier alpha value is -1.54. The molecule has 1 aromatic rings. The molecule has 0 aromatic carbocycles. The molecular formula is C11H17N3O4S. The van der Waals surface area contributed by atoms with E-state index in [9.17, 15) is 9.59 Å². The number of aromatic nitrogens is 2. The summed E-state index contributed by atoms with van der Waals surface area (Å²) in [6.07, 6.45) is -1.51. The van der Waals surface area contributed by atoms with Crippen molar-refractivity contribution in [1.82, 2.24) is 14.9 Å². The van der Waals surface area contributed by atoms with Gasteiger partial charge in [-0.15, -0.1) is 5.10 Å². The van der Waals surface area contributed by atoms with Gasteiger partial charge in [0.1, 0.15) is 4.88 Å². The van der Waals surface area contributed by atoms with Crippen molar-refractivity contribution in [3.63, 3.8) is 0 Å². The molecule has 1 atom stereocenters. The van der Waals surface area contributed by atoms with E-state index in [0.717, 1.165) is 11.5 Å². The van der Waals surface area contributed by atoms with Crippen LogP contribution < -0.4 is 5.32 Å². The van der Waals surface area contributed by atoms with Crippen molar-refractivity contribution in [2.45, 2.75) is 38.7 Å². The molecule has 0 radical (unpaired) electrons. The minimum atomic E-state index is -1.47. The minimum Gasteiger partial charge on any atom is -0.479 e. The fourth-order valence-electron chi connectivity index (χ4n) is 1.36. The number of hydrogen-bond donors (Lipinski definition) is 3. The SMILES string of the molecule is CC(C)(C)c1nnsc1C(=O)NCC[C@H](O)C(=O)O. The molecule has 8 heteroatoms. The predicted octanol–water partition coefficient (Wildman–Crippen LogP) is 0.401. The molecule has 0 unspecified atom stereocenters. The number of aliphatic carboxylic acids is 1. The lowest BCUT2D eigenvalue weighted by Gasteiger charge is -2.16. The van der Waals surface area contributed by atoms with E-state index in [1.54, 1.807) is 0 Å². The topological polar surface area (TPSA) is 112 Å². The summed E-state index contributed by atoms with van der Waals surface area (Å²) in [6, 6.07) is 0. The van der Waals surface area contributed by atoms with E-state index in [-0.39, 0.29) is 24.3 Å². The maximum absolute atomic E-state index is 11.9. The van der Waals surface area contributed by atoms with E-state index in [4.69, 9.17) is 10.2 Å². The highest BCUT2D eigenvalue weighted by Gasteiger charge is 2.26. The Kier molecular flexibility index (Phi) is 4.96. The van der Waals surface area contributed by atoms with Gasteiger partial charge in [-0.05, 0) is 11.5 Å². The van der Waals surface area contributed by atoms with Gasteiger partial charge < -0.3 is 15.5 Å². The second-order valence-corrected chi connectivity index (χ2v) is 5.85. The summed E-state index contributed by atoms with van der Waals surface area (Å²) >= 11 is 0.998. The lowest BCUT2D eigenvalue weighted by Crippen LogP contribution is -2.31. The number of nitrogens with zero attached hydrogens (tertiary/aromatic N) is 2. The lowest BCUT2D eigenvalue weighted by atomic mass is 9.91. The largest absolute Gasteiger partial charge is 0.479 e. The Balaban J connectivity index is 2.60. The molecule has 0 aliphatic rings. The van der Waals surface area contributed by atoms with Crippen LogP contribution in [0.25, 0.3) is 0 Å². The zero-order valence-electron chi connectivity index (χ0n) is 11.0. The molecule has 7 nitrogen and oxygen atoms in total. The number of hydrogen-bond acceptors (Lipinski definition) is 6. The molecule has 0 bridgehead atoms. The summed E-state index contributed by atoms with van der Waals surface area (Å²) in [7, 11) is 0. The second-order valence-electron chi connectivity index (χ2n) is 5.10. The van der Waals surface area contributed by atoms with E-state index >= 15 is 0 Å². The summed E-state index contributed by atoms with van der Waals surface area (Å²) in [6.45, 7) is 5.85. The molecule has 0 saturated carbocycles. The van der Waals surface area contributed by atoms with Gasteiger partial charge in [0.2, 0.25) is 0 Å². The quantitative estimate of drug-likeness (QED) is 0.722. The zero-order valence-corrected chi connectivity index (χ0v) is 11.8. The minimum absolute atomic E-state index is 0.0435. The molecule has 3 N–H and O–H groups in total. The van der Waals surface area contributed by atoms with Crippen LogP contribution in [0.2, 0.25) is 0 Å². The van der Waals surface area contributed by atoms with Crippen LogP contribution in [0.5, 0.6) is 0 Å². The molecule has 106 valence electrons. The Morgan fingerprint density at radius 1 is 1.42 bits per heavy atom. The molecule has 0 spiro atoms. The molecule has 0 saturated heterocycles. The first-order valence-corrected chi connectivity index (χ1v) is 6.52. The summed E-state index contributed by atoms with van der Waals surface area (Å²) in [5, 5.41) is 24.1. The third-order valence-corrected chi connectivity index (χ3v) is 3.12. The van der Waals surface area contributed by atoms with Crippen LogP contribution in [0.3, 0.4) is 0 Å². The maximum atomic E-state index is 11.9. The van der Waals surface area contributed by atoms with Crippen LogP contribution in [-0.4, -0.2) is 44.3 Å². The van der Waals surface area contributed by atoms with E-state index in [1.165, 1.54) is 0 Å². The fraction of sp³-hybridized carbons (Fsp3) is 0.636. The monoisotopic (exact) mass is 287 g/mol. The number of rotatable bonds is 5. The number of nitrogens with one attached hydrogen (secondary N) is 1. The maximum Gasteiger partial charge on any atom is 0.332 e. The van der Waals surface area contributed by atoms with Crippen LogP contribution in [0.1, 0.15) is 42.6 Å². The van der Waals surface area contributed by atoms with E-state index in [1.807, 2.05) is 20.8 Å². The van der Waals surface area contributed by atoms with Crippen molar-refractivity contribution in [2.24, 2.45) is 0 Å². The van der Waals surface area contributed by atoms with Crippen molar-refractivity contribution < 1.29 is 19.8 Å². The van der Waals surface area contributed by atoms with Crippen molar-refractivity contribution >= 4 is 23.4 Å². The first kappa shape index (κ1) is 15.5. The normalized spacial score (nSPS) is 13.1. The molecule has 0 aliphatic heterocycles. The standard InChI is InChI=1S/C11H17N3O4S/c1-11(2,3)8-7(19-14-13-8)9(16)12-5-4-6(15)10(17)18/h6,15H,4-5H2,1-3H3,(H,12,16)(H,17,18)/t6-/m0/s1. The second kappa shape index (κ2) is 6.07. The van der Waals surface area contributed by atoms with Gasteiger partial charge in [0.25, 0.3) is 5.91 Å². The van der Waals surface area contributed by atoms with Gasteiger partial charge in [-0.2, -0.15) is 0 Å². The number of carboxylic acid groups (broad SMARTS) is 1. The Morgan fingerprint density at radius 3 is 2.58 bits per heavy atom. The summed E-state index contributed by atoms with van der Waals surface area (Å²) in [5.41, 5.74) is 0.314. The van der Waals surface area contributed by atoms with Crippen LogP contribution in [0.15, 0.2) is 0 Å². The number of aliphatic hydroxyl groups excluding tert-OH is 1. The highest BCUT2D eigenvalue weighted by Crippen LogP contribution is 2.25. The highest BCUT2D eigenvalue weighted by molar-refractivity contribution is 7.08. The molecule has 0 aliphatic carbocycles. The van der Waals surface area contributed by atoms with Crippen LogP contribution in [-0.2, 0) is 10.2 Å². The number of aliphatic hydroxyl groups is 1. The van der Waals surface area contributed by atoms with E-state index < -0.39 is 12.1 Å². The molecule has 19 heavy (non-hydrogen) atoms. The summed E-state index contributed by atoms with van der Waals surface area (Å²) in [4.78, 5) is 22.7. The van der Waals surface area contributed by atoms with Crippen molar-refractivity contribution in [1.29, 1.82) is 0 Å². The van der Waals surface area contributed by atoms with Crippen LogP contribution >= 0.6 is 11.5 Å². The molecule has 1 aromatic heterocycles. The number of carboxylic acids is 1. The van der Waals surface area contributed by atoms with Gasteiger partial charge in [0.05, 0.1) is 5.69 Å². The van der Waals surface area contributed by atoms with Crippen molar-refractivity contribution in [3.8, 4) is 0 Å². The summed E-state index contributed by atoms with van der Waals surface area (Å²) < 4.78 is 3.77. The van der Waals surface area contributed by atoms with Gasteiger partial charge in [-0.1, -0.05) is 25.3 Å². The first-order chi connectivity index (χ1) is 8.73. The number of carbonyl (C=O) groups is 2. The van der Waals surface area contributed by atoms with Gasteiger partial charge in [0, 0.05) is 18.4 Å². The lowest BCUT2D eigenvalue weighted by molar-refractivity contribution is -0.146. The number of amides is 1. The average molecular weight is 287 g/mol. The Bertz CT molecular complexity index is 467. The van der Waals surface area contributed by atoms with E-state index in [0.29, 0.717) is 10.6 Å². The fourth-order valence-corrected chi connectivity index (χ4v) is 2.15. The first-order valence-electron chi connectivity index (χ1n) is 5.75. The number of carbonyl (C=O) groups excluding carboxylic acids is 1. The summed E-state index contributed by atoms with van der Waals surface area (Å²) in [5.74, 6) is -1.65. The van der Waals surface area contributed by atoms with Crippen LogP contribution in [0, 0.1) is 0 Å². The van der Waals surface area contributed by atoms with Crippen LogP contribution in [0.4, 0.5) is 0 Å². The zero-order chi connectivity index (χ0) is 14.6. The predicted molar refractivity (Wildman–Crippen MR) is 69.2 cm³/mol. The smallest absolute Gasteiger partial charge is 0.332 e. The van der Waals surface area contributed by atoms with Gasteiger partial charge in [-0.25, -0.2) is 4.79 Å². The Labute approximate surface area is 114 Å². The van der Waals surface area contributed by atoms with Gasteiger partial charge >= 0.3 is 5.97 Å². The van der Waals surface area contributed by atoms with Crippen molar-refractivity contribution in [3.05, 3.63) is 10.6 Å². The molecular weight excluding hydrogens is 270 g/mol. The Morgan fingerprint density at radius 2 is 2.05 bits per heavy atom. The molecule has 1 rings (SSSR count). The molecule has 1 heterocycles. The average Bonchev–Trinajstić information content (AvgIpc) is 2.76. The molecule has 1 amide bonds. The van der Waals surface area contributed by atoms with Gasteiger partial charge in [0.15, 0.2) is 6.10 Å². The highest BCUT2D eigenvalue weighted by atomic mass is 32.1. The molecule has 0 fully saturated rings. The van der Waals surface area contributed by atoms with Gasteiger partial charge in [-0.3, -0.25) is 4.79 Å².